The van der Waals surface area contributed by atoms with E-state index in [0.29, 0.717) is 11.3 Å². The van der Waals surface area contributed by atoms with Crippen molar-refractivity contribution in [3.63, 3.8) is 0 Å². The van der Waals surface area contributed by atoms with Gasteiger partial charge in [0, 0.05) is 5.92 Å². The Morgan fingerprint density at radius 1 is 1.18 bits per heavy atom. The second-order valence-electron chi connectivity index (χ2n) is 4.29. The molecule has 2 heteroatoms. The van der Waals surface area contributed by atoms with Crippen LogP contribution in [0.15, 0.2) is 0 Å². The van der Waals surface area contributed by atoms with E-state index in [1.165, 1.54) is 12.8 Å². The van der Waals surface area contributed by atoms with Crippen LogP contribution in [0.25, 0.3) is 0 Å². The summed E-state index contributed by atoms with van der Waals surface area (Å²) in [5.41, 5.74) is 0.521. The number of hydrogen-bond acceptors (Lipinski definition) is 2. The minimum Gasteiger partial charge on any atom is -0.343 e. The second-order valence-corrected chi connectivity index (χ2v) is 4.29. The molecule has 0 aromatic rings. The molecule has 0 unspecified atom stereocenters. The summed E-state index contributed by atoms with van der Waals surface area (Å²) in [5.74, 6) is 0.590. The van der Waals surface area contributed by atoms with E-state index < -0.39 is 0 Å². The maximum Gasteiger partial charge on any atom is 0.227 e. The van der Waals surface area contributed by atoms with Crippen LogP contribution in [0.4, 0.5) is 0 Å². The molecule has 0 aromatic carbocycles. The lowest BCUT2D eigenvalue weighted by Gasteiger charge is -2.43. The quantitative estimate of drug-likeness (QED) is 0.576. The Morgan fingerprint density at radius 2 is 1.73 bits per heavy atom. The number of ether oxygens (including phenoxy) is 2. The highest BCUT2D eigenvalue weighted by atomic mass is 16.7. The largest absolute Gasteiger partial charge is 0.343 e. The first-order valence-electron chi connectivity index (χ1n) is 4.30. The first-order chi connectivity index (χ1) is 5.17. The van der Waals surface area contributed by atoms with Gasteiger partial charge in [-0.15, -0.1) is 0 Å². The Bertz CT molecular complexity index is 140. The van der Waals surface area contributed by atoms with Gasteiger partial charge in [-0.2, -0.15) is 0 Å². The third-order valence-electron chi connectivity index (χ3n) is 2.50. The molecule has 2 fully saturated rings. The highest BCUT2D eigenvalue weighted by Gasteiger charge is 2.43. The lowest BCUT2D eigenvalue weighted by Crippen LogP contribution is -2.35. The van der Waals surface area contributed by atoms with Crippen molar-refractivity contribution in [2.75, 3.05) is 13.2 Å². The van der Waals surface area contributed by atoms with Crippen LogP contribution >= 0.6 is 0 Å². The van der Waals surface area contributed by atoms with Crippen LogP contribution in [0.5, 0.6) is 0 Å². The number of hydrogen-bond donors (Lipinski definition) is 0. The molecule has 63 valence electrons. The Labute approximate surface area is 67.9 Å². The topological polar surface area (TPSA) is 18.5 Å². The maximum atomic E-state index is 5.34. The van der Waals surface area contributed by atoms with Crippen LogP contribution in [0.2, 0.25) is 0 Å². The van der Waals surface area contributed by atoms with E-state index in [9.17, 15) is 0 Å². The predicted molar refractivity (Wildman–Crippen MR) is 41.7 cm³/mol. The van der Waals surface area contributed by atoms with Gasteiger partial charge < -0.3 is 9.47 Å². The Balaban J connectivity index is 1.81. The van der Waals surface area contributed by atoms with Gasteiger partial charge in [0.05, 0.1) is 13.2 Å². The summed E-state index contributed by atoms with van der Waals surface area (Å²) < 4.78 is 10.7. The lowest BCUT2D eigenvalue weighted by atomic mass is 9.64. The lowest BCUT2D eigenvalue weighted by molar-refractivity contribution is -0.0446. The van der Waals surface area contributed by atoms with Gasteiger partial charge in [0.1, 0.15) is 0 Å². The molecular formula is C9H15O2. The first kappa shape index (κ1) is 7.56. The van der Waals surface area contributed by atoms with E-state index in [1.54, 1.807) is 0 Å². The van der Waals surface area contributed by atoms with Gasteiger partial charge in [0.15, 0.2) is 0 Å². The third-order valence-corrected chi connectivity index (χ3v) is 2.50. The molecule has 0 spiro atoms. The molecule has 11 heavy (non-hydrogen) atoms. The van der Waals surface area contributed by atoms with Crippen molar-refractivity contribution in [1.82, 2.24) is 0 Å². The van der Waals surface area contributed by atoms with Crippen molar-refractivity contribution >= 4 is 0 Å². The fourth-order valence-corrected chi connectivity index (χ4v) is 2.00. The van der Waals surface area contributed by atoms with E-state index in [4.69, 9.17) is 9.47 Å². The molecule has 1 radical (unpaired) electrons. The highest BCUT2D eigenvalue weighted by Crippen LogP contribution is 2.50. The van der Waals surface area contributed by atoms with Crippen LogP contribution in [0.3, 0.4) is 0 Å². The fraction of sp³-hybridized carbons (Fsp3) is 0.889. The SMILES string of the molecule is CC1(C)CC([C]2OCCO2)C1. The smallest absolute Gasteiger partial charge is 0.227 e. The van der Waals surface area contributed by atoms with Crippen LogP contribution in [-0.4, -0.2) is 13.2 Å². The van der Waals surface area contributed by atoms with Crippen molar-refractivity contribution in [3.05, 3.63) is 6.29 Å². The molecule has 0 amide bonds. The Morgan fingerprint density at radius 3 is 2.18 bits per heavy atom. The van der Waals surface area contributed by atoms with Crippen molar-refractivity contribution in [1.29, 1.82) is 0 Å². The average molecular weight is 155 g/mol. The fourth-order valence-electron chi connectivity index (χ4n) is 2.00. The number of rotatable bonds is 1. The van der Waals surface area contributed by atoms with Crippen LogP contribution < -0.4 is 0 Å². The summed E-state index contributed by atoms with van der Waals surface area (Å²) in [6, 6.07) is 0. The van der Waals surface area contributed by atoms with Crippen molar-refractivity contribution in [2.24, 2.45) is 11.3 Å². The average Bonchev–Trinajstić information content (AvgIpc) is 2.32. The summed E-state index contributed by atoms with van der Waals surface area (Å²) >= 11 is 0. The monoisotopic (exact) mass is 155 g/mol. The Kier molecular flexibility index (Phi) is 1.69. The standard InChI is InChI=1S/C9H15O2/c1-9(2)5-7(6-9)8-10-3-4-11-8/h7H,3-6H2,1-2H3. The Hall–Kier alpha value is -0.0800. The zero-order valence-corrected chi connectivity index (χ0v) is 7.22. The van der Waals surface area contributed by atoms with E-state index >= 15 is 0 Å². The summed E-state index contributed by atoms with van der Waals surface area (Å²) in [5, 5.41) is 0. The molecule has 0 bridgehead atoms. The molecule has 2 nitrogen and oxygen atoms in total. The van der Waals surface area contributed by atoms with Gasteiger partial charge in [0.25, 0.3) is 0 Å². The second kappa shape index (κ2) is 2.46. The molecule has 1 aliphatic carbocycles. The molecule has 1 heterocycles. The molecule has 2 aliphatic rings. The van der Waals surface area contributed by atoms with Crippen LogP contribution in [-0.2, 0) is 9.47 Å². The summed E-state index contributed by atoms with van der Waals surface area (Å²) in [4.78, 5) is 0. The van der Waals surface area contributed by atoms with Crippen LogP contribution in [0.1, 0.15) is 26.7 Å². The molecular weight excluding hydrogens is 140 g/mol. The molecule has 0 N–H and O–H groups in total. The minimum absolute atomic E-state index is 0.521. The van der Waals surface area contributed by atoms with Gasteiger partial charge in [-0.1, -0.05) is 13.8 Å². The zero-order chi connectivity index (χ0) is 7.90. The molecule has 1 saturated carbocycles. The van der Waals surface area contributed by atoms with Crippen molar-refractivity contribution in [2.45, 2.75) is 26.7 Å². The predicted octanol–water partition coefficient (Wildman–Crippen LogP) is 1.96. The van der Waals surface area contributed by atoms with Gasteiger partial charge >= 0.3 is 0 Å². The summed E-state index contributed by atoms with van der Waals surface area (Å²) in [6.45, 7) is 6.09. The normalized spacial score (nSPS) is 32.2. The van der Waals surface area contributed by atoms with E-state index in [-0.39, 0.29) is 0 Å². The van der Waals surface area contributed by atoms with Crippen molar-refractivity contribution in [3.8, 4) is 0 Å². The molecule has 2 rings (SSSR count). The third kappa shape index (κ3) is 1.42. The van der Waals surface area contributed by atoms with Crippen LogP contribution in [0, 0.1) is 17.6 Å². The van der Waals surface area contributed by atoms with E-state index in [1.807, 2.05) is 0 Å². The summed E-state index contributed by atoms with van der Waals surface area (Å²) in [6.07, 6.45) is 3.36. The first-order valence-corrected chi connectivity index (χ1v) is 4.30. The van der Waals surface area contributed by atoms with E-state index in [0.717, 1.165) is 19.5 Å². The maximum absolute atomic E-state index is 5.34. The van der Waals surface area contributed by atoms with Gasteiger partial charge in [-0.3, -0.25) is 0 Å². The minimum atomic E-state index is 0.521. The molecule has 0 atom stereocenters. The van der Waals surface area contributed by atoms with Crippen molar-refractivity contribution < 1.29 is 9.47 Å². The molecule has 1 saturated heterocycles. The van der Waals surface area contributed by atoms with Gasteiger partial charge in [-0.05, 0) is 18.3 Å². The molecule has 1 aliphatic heterocycles. The van der Waals surface area contributed by atoms with E-state index in [2.05, 4.69) is 13.8 Å². The van der Waals surface area contributed by atoms with Gasteiger partial charge in [0.2, 0.25) is 6.29 Å². The van der Waals surface area contributed by atoms with Gasteiger partial charge in [-0.25, -0.2) is 0 Å². The molecule has 0 aromatic heterocycles. The zero-order valence-electron chi connectivity index (χ0n) is 7.22. The summed E-state index contributed by atoms with van der Waals surface area (Å²) in [7, 11) is 0. The highest BCUT2D eigenvalue weighted by molar-refractivity contribution is 4.96.